The summed E-state index contributed by atoms with van der Waals surface area (Å²) >= 11 is 0. The van der Waals surface area contributed by atoms with Crippen LogP contribution in [0.25, 0.3) is 0 Å². The minimum Gasteiger partial charge on any atom is -0.489 e. The number of ether oxygens (including phenoxy) is 1. The monoisotopic (exact) mass is 386 g/mol. The van der Waals surface area contributed by atoms with E-state index in [1.807, 2.05) is 12.1 Å². The van der Waals surface area contributed by atoms with E-state index in [1.54, 1.807) is 12.1 Å². The molecule has 2 aromatic rings. The molecule has 4 heteroatoms. The van der Waals surface area contributed by atoms with E-state index in [-0.39, 0.29) is 5.82 Å². The molecule has 0 saturated carbocycles. The number of halogens is 1. The minimum atomic E-state index is -0.223. The molecule has 0 aliphatic rings. The molecule has 3 nitrogen and oxygen atoms in total. The highest BCUT2D eigenvalue weighted by atomic mass is 19.1. The van der Waals surface area contributed by atoms with Crippen LogP contribution in [-0.2, 0) is 13.2 Å². The van der Waals surface area contributed by atoms with Crippen LogP contribution in [-0.4, -0.2) is 31.1 Å². The van der Waals surface area contributed by atoms with Crippen LogP contribution in [0.4, 0.5) is 4.39 Å². The Balaban J connectivity index is 1.67. The standard InChI is InChI=1S/C24H35FN2O/c1-3-5-16-27(17-6-4-2)18-15-26-19-21-9-13-24(14-10-21)28-20-22-7-11-23(25)12-8-22/h7-14,26H,3-6,15-20H2,1-2H3. The van der Waals surface area contributed by atoms with E-state index < -0.39 is 0 Å². The van der Waals surface area contributed by atoms with Gasteiger partial charge in [-0.2, -0.15) is 0 Å². The molecule has 1 N–H and O–H groups in total. The largest absolute Gasteiger partial charge is 0.489 e. The summed E-state index contributed by atoms with van der Waals surface area (Å²) in [4.78, 5) is 2.58. The maximum atomic E-state index is 12.9. The number of nitrogens with one attached hydrogen (secondary N) is 1. The van der Waals surface area contributed by atoms with E-state index in [1.165, 1.54) is 56.5 Å². The summed E-state index contributed by atoms with van der Waals surface area (Å²) in [6, 6.07) is 14.6. The van der Waals surface area contributed by atoms with Crippen LogP contribution >= 0.6 is 0 Å². The van der Waals surface area contributed by atoms with E-state index in [0.29, 0.717) is 6.61 Å². The lowest BCUT2D eigenvalue weighted by Gasteiger charge is -2.22. The van der Waals surface area contributed by atoms with Gasteiger partial charge in [0.1, 0.15) is 18.2 Å². The molecule has 154 valence electrons. The third-order valence-electron chi connectivity index (χ3n) is 4.83. The second-order valence-electron chi connectivity index (χ2n) is 7.28. The van der Waals surface area contributed by atoms with Crippen molar-refractivity contribution in [2.24, 2.45) is 0 Å². The lowest BCUT2D eigenvalue weighted by molar-refractivity contribution is 0.264. The van der Waals surface area contributed by atoms with Crippen molar-refractivity contribution in [2.75, 3.05) is 26.2 Å². The van der Waals surface area contributed by atoms with E-state index in [9.17, 15) is 4.39 Å². The average Bonchev–Trinajstić information content (AvgIpc) is 2.73. The van der Waals surface area contributed by atoms with Crippen LogP contribution in [0, 0.1) is 5.82 Å². The highest BCUT2D eigenvalue weighted by molar-refractivity contribution is 5.27. The number of rotatable bonds is 14. The topological polar surface area (TPSA) is 24.5 Å². The average molecular weight is 387 g/mol. The first-order valence-corrected chi connectivity index (χ1v) is 10.6. The van der Waals surface area contributed by atoms with Crippen LogP contribution in [0.1, 0.15) is 50.7 Å². The summed E-state index contributed by atoms with van der Waals surface area (Å²) < 4.78 is 18.7. The smallest absolute Gasteiger partial charge is 0.123 e. The molecule has 0 heterocycles. The lowest BCUT2D eigenvalue weighted by Crippen LogP contribution is -2.33. The van der Waals surface area contributed by atoms with Crippen LogP contribution in [0.15, 0.2) is 48.5 Å². The maximum Gasteiger partial charge on any atom is 0.123 e. The zero-order valence-corrected chi connectivity index (χ0v) is 17.4. The minimum absolute atomic E-state index is 0.223. The molecule has 0 fully saturated rings. The number of hydrogen-bond donors (Lipinski definition) is 1. The number of hydrogen-bond acceptors (Lipinski definition) is 3. The molecule has 0 unspecified atom stereocenters. The van der Waals surface area contributed by atoms with Gasteiger partial charge >= 0.3 is 0 Å². The first-order chi connectivity index (χ1) is 13.7. The fraction of sp³-hybridized carbons (Fsp3) is 0.500. The summed E-state index contributed by atoms with van der Waals surface area (Å²) in [5, 5.41) is 3.55. The molecular weight excluding hydrogens is 351 g/mol. The predicted molar refractivity (Wildman–Crippen MR) is 115 cm³/mol. The summed E-state index contributed by atoms with van der Waals surface area (Å²) in [6.45, 7) is 10.4. The maximum absolute atomic E-state index is 12.9. The lowest BCUT2D eigenvalue weighted by atomic mass is 10.2. The number of nitrogens with zero attached hydrogens (tertiary/aromatic N) is 1. The molecule has 0 aliphatic carbocycles. The SMILES string of the molecule is CCCCN(CCCC)CCNCc1ccc(OCc2ccc(F)cc2)cc1. The van der Waals surface area contributed by atoms with Crippen molar-refractivity contribution < 1.29 is 9.13 Å². The Morgan fingerprint density at radius 2 is 1.43 bits per heavy atom. The van der Waals surface area contributed by atoms with Gasteiger partial charge < -0.3 is 15.0 Å². The molecule has 0 aromatic heterocycles. The van der Waals surface area contributed by atoms with Gasteiger partial charge in [-0.15, -0.1) is 0 Å². The van der Waals surface area contributed by atoms with E-state index >= 15 is 0 Å². The zero-order chi connectivity index (χ0) is 20.0. The van der Waals surface area contributed by atoms with Crippen molar-refractivity contribution in [3.8, 4) is 5.75 Å². The highest BCUT2D eigenvalue weighted by Crippen LogP contribution is 2.14. The quantitative estimate of drug-likeness (QED) is 0.440. The van der Waals surface area contributed by atoms with Gasteiger partial charge in [0, 0.05) is 19.6 Å². The number of benzene rings is 2. The first-order valence-electron chi connectivity index (χ1n) is 10.6. The molecule has 0 spiro atoms. The third kappa shape index (κ3) is 8.85. The second kappa shape index (κ2) is 13.3. The molecule has 2 aromatic carbocycles. The van der Waals surface area contributed by atoms with Gasteiger partial charge in [-0.3, -0.25) is 0 Å². The van der Waals surface area contributed by atoms with E-state index in [4.69, 9.17) is 4.74 Å². The Kier molecular flexibility index (Phi) is 10.6. The molecule has 28 heavy (non-hydrogen) atoms. The Labute approximate surface area is 169 Å². The molecule has 0 atom stereocenters. The van der Waals surface area contributed by atoms with Gasteiger partial charge in [0.15, 0.2) is 0 Å². The van der Waals surface area contributed by atoms with Gasteiger partial charge in [0.05, 0.1) is 0 Å². The second-order valence-corrected chi connectivity index (χ2v) is 7.28. The van der Waals surface area contributed by atoms with Crippen molar-refractivity contribution in [1.29, 1.82) is 0 Å². The molecule has 0 saturated heterocycles. The molecule has 2 rings (SSSR count). The van der Waals surface area contributed by atoms with Gasteiger partial charge in [-0.1, -0.05) is 51.0 Å². The Hall–Kier alpha value is -1.91. The normalized spacial score (nSPS) is 11.1. The van der Waals surface area contributed by atoms with Crippen molar-refractivity contribution in [2.45, 2.75) is 52.7 Å². The van der Waals surface area contributed by atoms with Gasteiger partial charge in [-0.25, -0.2) is 4.39 Å². The Morgan fingerprint density at radius 1 is 0.821 bits per heavy atom. The van der Waals surface area contributed by atoms with E-state index in [0.717, 1.165) is 30.9 Å². The zero-order valence-electron chi connectivity index (χ0n) is 17.4. The van der Waals surface area contributed by atoms with Crippen LogP contribution in [0.3, 0.4) is 0 Å². The third-order valence-corrected chi connectivity index (χ3v) is 4.83. The molecule has 0 aliphatic heterocycles. The van der Waals surface area contributed by atoms with Crippen LogP contribution in [0.2, 0.25) is 0 Å². The van der Waals surface area contributed by atoms with Gasteiger partial charge in [0.25, 0.3) is 0 Å². The van der Waals surface area contributed by atoms with Crippen LogP contribution < -0.4 is 10.1 Å². The van der Waals surface area contributed by atoms with E-state index in [2.05, 4.69) is 36.2 Å². The predicted octanol–water partition coefficient (Wildman–Crippen LogP) is 5.40. The molecule has 0 radical (unpaired) electrons. The van der Waals surface area contributed by atoms with Crippen molar-refractivity contribution in [3.63, 3.8) is 0 Å². The molecule has 0 bridgehead atoms. The summed E-state index contributed by atoms with van der Waals surface area (Å²) in [5.74, 6) is 0.609. The van der Waals surface area contributed by atoms with Crippen molar-refractivity contribution in [3.05, 3.63) is 65.5 Å². The van der Waals surface area contributed by atoms with Crippen LogP contribution in [0.5, 0.6) is 5.75 Å². The molecule has 0 amide bonds. The summed E-state index contributed by atoms with van der Waals surface area (Å²) in [7, 11) is 0. The summed E-state index contributed by atoms with van der Waals surface area (Å²) in [6.07, 6.45) is 5.07. The van der Waals surface area contributed by atoms with Crippen molar-refractivity contribution >= 4 is 0 Å². The highest BCUT2D eigenvalue weighted by Gasteiger charge is 2.03. The fourth-order valence-electron chi connectivity index (χ4n) is 3.02. The number of unbranched alkanes of at least 4 members (excludes halogenated alkanes) is 2. The first kappa shape index (κ1) is 22.4. The molecular formula is C24H35FN2O. The fourth-order valence-corrected chi connectivity index (χ4v) is 3.02. The summed E-state index contributed by atoms with van der Waals surface area (Å²) in [5.41, 5.74) is 2.21. The van der Waals surface area contributed by atoms with Crippen molar-refractivity contribution in [1.82, 2.24) is 10.2 Å². The van der Waals surface area contributed by atoms with Gasteiger partial charge in [-0.05, 0) is 61.3 Å². The Morgan fingerprint density at radius 3 is 2.04 bits per heavy atom. The Bertz CT molecular complexity index is 635. The van der Waals surface area contributed by atoms with Gasteiger partial charge in [0.2, 0.25) is 0 Å².